The second-order valence-corrected chi connectivity index (χ2v) is 5.19. The molecule has 1 aliphatic heterocycles. The van der Waals surface area contributed by atoms with Gasteiger partial charge in [0.2, 0.25) is 5.91 Å². The average molecular weight is 354 g/mol. The Hall–Kier alpha value is -2.22. The van der Waals surface area contributed by atoms with Crippen molar-refractivity contribution in [2.24, 2.45) is 0 Å². The van der Waals surface area contributed by atoms with Crippen molar-refractivity contribution in [3.8, 4) is 0 Å². The number of anilines is 1. The predicted molar refractivity (Wildman–Crippen MR) is 77.3 cm³/mol. The second-order valence-electron chi connectivity index (χ2n) is 4.28. The fraction of sp³-hybridized carbons (Fsp3) is 0.231. The van der Waals surface area contributed by atoms with Crippen molar-refractivity contribution in [1.29, 1.82) is 0 Å². The summed E-state index contributed by atoms with van der Waals surface area (Å²) in [7, 11) is 0. The zero-order chi connectivity index (χ0) is 15.6. The quantitative estimate of drug-likeness (QED) is 0.650. The third kappa shape index (κ3) is 3.10. The van der Waals surface area contributed by atoms with Gasteiger partial charge >= 0.3 is 17.8 Å². The molecule has 0 aromatic heterocycles. The number of benzene rings is 1. The molecule has 1 fully saturated rings. The molecule has 1 saturated heterocycles. The first-order valence-electron chi connectivity index (χ1n) is 6.16. The topological polar surface area (TPSA) is 86.8 Å². The number of amides is 5. The van der Waals surface area contributed by atoms with Crippen molar-refractivity contribution in [3.05, 3.63) is 28.7 Å². The van der Waals surface area contributed by atoms with Gasteiger partial charge in [-0.2, -0.15) is 0 Å². The molecule has 21 heavy (non-hydrogen) atoms. The van der Waals surface area contributed by atoms with Gasteiger partial charge in [0.05, 0.1) is 0 Å². The molecule has 1 aromatic carbocycles. The lowest BCUT2D eigenvalue weighted by Crippen LogP contribution is -2.38. The summed E-state index contributed by atoms with van der Waals surface area (Å²) in [5.74, 6) is -2.43. The van der Waals surface area contributed by atoms with E-state index in [-0.39, 0.29) is 6.54 Å². The van der Waals surface area contributed by atoms with E-state index in [0.717, 1.165) is 9.37 Å². The molecule has 0 radical (unpaired) electrons. The lowest BCUT2D eigenvalue weighted by atomic mass is 10.3. The fourth-order valence-corrected chi connectivity index (χ4v) is 2.11. The molecule has 0 saturated carbocycles. The number of hydrogen-bond donors (Lipinski definition) is 1. The molecule has 110 valence electrons. The number of carbonyl (C=O) groups excluding carboxylic acids is 4. The van der Waals surface area contributed by atoms with Gasteiger partial charge < -0.3 is 5.32 Å². The zero-order valence-electron chi connectivity index (χ0n) is 11.1. The maximum atomic E-state index is 11.8. The van der Waals surface area contributed by atoms with Gasteiger partial charge in [-0.05, 0) is 31.2 Å². The number of nitrogens with zero attached hydrogens (tertiary/aromatic N) is 2. The summed E-state index contributed by atoms with van der Waals surface area (Å²) in [4.78, 5) is 48.3. The number of imide groups is 2. The van der Waals surface area contributed by atoms with Crippen LogP contribution in [0.1, 0.15) is 6.92 Å². The Balaban J connectivity index is 2.03. The van der Waals surface area contributed by atoms with Crippen LogP contribution in [0.3, 0.4) is 0 Å². The summed E-state index contributed by atoms with van der Waals surface area (Å²) in [6.07, 6.45) is 0. The second kappa shape index (κ2) is 6.04. The highest BCUT2D eigenvalue weighted by Gasteiger charge is 2.44. The van der Waals surface area contributed by atoms with E-state index in [2.05, 4.69) is 21.2 Å². The van der Waals surface area contributed by atoms with Gasteiger partial charge in [-0.25, -0.2) is 9.69 Å². The van der Waals surface area contributed by atoms with Crippen LogP contribution in [0, 0.1) is 0 Å². The van der Waals surface area contributed by atoms with Crippen molar-refractivity contribution in [3.63, 3.8) is 0 Å². The van der Waals surface area contributed by atoms with Gasteiger partial charge in [0.1, 0.15) is 6.54 Å². The highest BCUT2D eigenvalue weighted by Crippen LogP contribution is 2.15. The smallest absolute Gasteiger partial charge is 0.325 e. The van der Waals surface area contributed by atoms with Crippen LogP contribution >= 0.6 is 15.9 Å². The van der Waals surface area contributed by atoms with Crippen LogP contribution in [0.15, 0.2) is 28.7 Å². The highest BCUT2D eigenvalue weighted by molar-refractivity contribution is 9.10. The molecule has 0 atom stereocenters. The van der Waals surface area contributed by atoms with E-state index in [1.54, 1.807) is 31.2 Å². The van der Waals surface area contributed by atoms with Crippen LogP contribution in [-0.2, 0) is 14.4 Å². The number of carbonyl (C=O) groups is 4. The van der Waals surface area contributed by atoms with Crippen LogP contribution in [0.25, 0.3) is 0 Å². The van der Waals surface area contributed by atoms with E-state index in [0.29, 0.717) is 10.6 Å². The Morgan fingerprint density at radius 2 is 1.67 bits per heavy atom. The number of rotatable bonds is 4. The van der Waals surface area contributed by atoms with Crippen LogP contribution < -0.4 is 5.32 Å². The van der Waals surface area contributed by atoms with Gasteiger partial charge in [-0.3, -0.25) is 19.3 Å². The van der Waals surface area contributed by atoms with Gasteiger partial charge in [-0.15, -0.1) is 0 Å². The summed E-state index contributed by atoms with van der Waals surface area (Å²) in [5.41, 5.74) is 0.529. The van der Waals surface area contributed by atoms with E-state index in [4.69, 9.17) is 0 Å². The average Bonchev–Trinajstić information content (AvgIpc) is 2.65. The van der Waals surface area contributed by atoms with Gasteiger partial charge in [0, 0.05) is 16.7 Å². The molecule has 1 N–H and O–H groups in total. The SMILES string of the molecule is CCN1C(=O)C(=O)N(CC(=O)Nc2ccc(Br)cc2)C1=O. The van der Waals surface area contributed by atoms with Crippen LogP contribution in [0.2, 0.25) is 0 Å². The Kier molecular flexibility index (Phi) is 4.37. The van der Waals surface area contributed by atoms with Gasteiger partial charge in [0.25, 0.3) is 0 Å². The predicted octanol–water partition coefficient (Wildman–Crippen LogP) is 1.20. The minimum Gasteiger partial charge on any atom is -0.325 e. The minimum atomic E-state index is -0.979. The summed E-state index contributed by atoms with van der Waals surface area (Å²) < 4.78 is 0.856. The first kappa shape index (κ1) is 15.2. The number of nitrogens with one attached hydrogen (secondary N) is 1. The molecule has 0 spiro atoms. The van der Waals surface area contributed by atoms with Crippen molar-refractivity contribution in [2.75, 3.05) is 18.4 Å². The number of hydrogen-bond acceptors (Lipinski definition) is 4. The standard InChI is InChI=1S/C13H12BrN3O4/c1-2-16-11(19)12(20)17(13(16)21)7-10(18)15-9-5-3-8(14)4-6-9/h3-6H,2,7H2,1H3,(H,15,18). The molecule has 7 nitrogen and oxygen atoms in total. The van der Waals surface area contributed by atoms with Crippen molar-refractivity contribution in [1.82, 2.24) is 9.80 Å². The zero-order valence-corrected chi connectivity index (χ0v) is 12.7. The van der Waals surface area contributed by atoms with Crippen LogP contribution in [0.5, 0.6) is 0 Å². The molecular formula is C13H12BrN3O4. The lowest BCUT2D eigenvalue weighted by Gasteiger charge is -2.13. The van der Waals surface area contributed by atoms with E-state index in [9.17, 15) is 19.2 Å². The molecule has 2 rings (SSSR count). The lowest BCUT2D eigenvalue weighted by molar-refractivity contribution is -0.143. The molecule has 1 aromatic rings. The van der Waals surface area contributed by atoms with E-state index < -0.39 is 30.3 Å². The van der Waals surface area contributed by atoms with Crippen LogP contribution in [-0.4, -0.2) is 46.6 Å². The van der Waals surface area contributed by atoms with Gasteiger partial charge in [-0.1, -0.05) is 15.9 Å². The largest absolute Gasteiger partial charge is 0.334 e. The molecular weight excluding hydrogens is 342 g/mol. The summed E-state index contributed by atoms with van der Waals surface area (Å²) in [6.45, 7) is 1.18. The molecule has 0 bridgehead atoms. The molecule has 8 heteroatoms. The van der Waals surface area contributed by atoms with Crippen molar-refractivity contribution in [2.45, 2.75) is 6.92 Å². The maximum Gasteiger partial charge on any atom is 0.334 e. The van der Waals surface area contributed by atoms with Crippen molar-refractivity contribution >= 4 is 45.4 Å². The normalized spacial score (nSPS) is 14.9. The monoisotopic (exact) mass is 353 g/mol. The number of halogens is 1. The first-order chi connectivity index (χ1) is 9.93. The third-order valence-corrected chi connectivity index (χ3v) is 3.41. The third-order valence-electron chi connectivity index (χ3n) is 2.88. The van der Waals surface area contributed by atoms with Crippen molar-refractivity contribution < 1.29 is 19.2 Å². The molecule has 1 aliphatic rings. The van der Waals surface area contributed by atoms with Crippen LogP contribution in [0.4, 0.5) is 10.5 Å². The number of urea groups is 1. The van der Waals surface area contributed by atoms with E-state index in [1.807, 2.05) is 0 Å². The first-order valence-corrected chi connectivity index (χ1v) is 6.96. The maximum absolute atomic E-state index is 11.8. The number of likely N-dealkylation sites (N-methyl/N-ethyl adjacent to an activating group) is 1. The van der Waals surface area contributed by atoms with E-state index >= 15 is 0 Å². The Bertz CT molecular complexity index is 614. The molecule has 1 heterocycles. The summed E-state index contributed by atoms with van der Waals surface area (Å²) in [6, 6.07) is 6.05. The molecule has 0 aliphatic carbocycles. The summed E-state index contributed by atoms with van der Waals surface area (Å²) in [5, 5.41) is 2.55. The molecule has 5 amide bonds. The minimum absolute atomic E-state index is 0.0915. The Morgan fingerprint density at radius 1 is 1.10 bits per heavy atom. The van der Waals surface area contributed by atoms with E-state index in [1.165, 1.54) is 0 Å². The molecule has 0 unspecified atom stereocenters. The Labute approximate surface area is 129 Å². The van der Waals surface area contributed by atoms with Gasteiger partial charge in [0.15, 0.2) is 0 Å². The highest BCUT2D eigenvalue weighted by atomic mass is 79.9. The Morgan fingerprint density at radius 3 is 2.19 bits per heavy atom. The fourth-order valence-electron chi connectivity index (χ4n) is 1.85. The summed E-state index contributed by atoms with van der Waals surface area (Å²) >= 11 is 3.27.